The van der Waals surface area contributed by atoms with Crippen LogP contribution in [0.1, 0.15) is 11.3 Å². The van der Waals surface area contributed by atoms with Crippen LogP contribution in [0.15, 0.2) is 134 Å². The minimum atomic E-state index is 1.03. The molecule has 0 saturated heterocycles. The third kappa shape index (κ3) is 4.15. The number of aromatic nitrogens is 2. The van der Waals surface area contributed by atoms with E-state index in [9.17, 15) is 0 Å². The molecule has 0 amide bonds. The Kier molecular flexibility index (Phi) is 5.94. The van der Waals surface area contributed by atoms with Gasteiger partial charge < -0.3 is 0 Å². The zero-order valence-corrected chi connectivity index (χ0v) is 22.6. The molecule has 0 unspecified atom stereocenters. The van der Waals surface area contributed by atoms with Crippen LogP contribution in [-0.2, 0) is 0 Å². The van der Waals surface area contributed by atoms with Crippen molar-refractivity contribution >= 4 is 21.5 Å². The van der Waals surface area contributed by atoms with Gasteiger partial charge >= 0.3 is 0 Å². The van der Waals surface area contributed by atoms with E-state index in [1.54, 1.807) is 0 Å². The van der Waals surface area contributed by atoms with Crippen LogP contribution in [0.2, 0.25) is 0 Å². The van der Waals surface area contributed by atoms with Crippen LogP contribution in [0.3, 0.4) is 0 Å². The van der Waals surface area contributed by atoms with Crippen molar-refractivity contribution in [3.63, 3.8) is 0 Å². The number of pyridine rings is 2. The molecule has 190 valence electrons. The van der Waals surface area contributed by atoms with Crippen LogP contribution in [0.25, 0.3) is 66.1 Å². The second-order valence-electron chi connectivity index (χ2n) is 10.4. The Morgan fingerprint density at radius 3 is 1.65 bits per heavy atom. The first-order valence-corrected chi connectivity index (χ1v) is 13.7. The SMILES string of the molecule is Cc1cc(-c2ccc(-c3c4ccccc4c(-c4ccc(-c5cccnc5)cc4C)c4ccccc34)cc2)ccn1. The quantitative estimate of drug-likeness (QED) is 0.219. The van der Waals surface area contributed by atoms with Crippen LogP contribution >= 0.6 is 0 Å². The maximum atomic E-state index is 4.36. The monoisotopic (exact) mass is 512 g/mol. The third-order valence-electron chi connectivity index (χ3n) is 7.83. The van der Waals surface area contributed by atoms with Crippen molar-refractivity contribution in [2.24, 2.45) is 0 Å². The highest BCUT2D eigenvalue weighted by Gasteiger charge is 2.18. The van der Waals surface area contributed by atoms with Crippen LogP contribution in [-0.4, -0.2) is 9.97 Å². The number of benzene rings is 5. The molecular weight excluding hydrogens is 484 g/mol. The summed E-state index contributed by atoms with van der Waals surface area (Å²) >= 11 is 0. The molecule has 0 radical (unpaired) electrons. The van der Waals surface area contributed by atoms with Gasteiger partial charge in [-0.2, -0.15) is 0 Å². The molecule has 7 rings (SSSR count). The molecule has 0 aliphatic rings. The summed E-state index contributed by atoms with van der Waals surface area (Å²) in [4.78, 5) is 8.67. The summed E-state index contributed by atoms with van der Waals surface area (Å²) < 4.78 is 0. The molecule has 7 aromatic rings. The van der Waals surface area contributed by atoms with E-state index >= 15 is 0 Å². The molecule has 0 spiro atoms. The zero-order valence-electron chi connectivity index (χ0n) is 22.6. The standard InChI is InChI=1S/C38H28N2/c1-25-22-29(31-8-7-20-39-24-31)17-18-32(25)38-35-11-5-3-9-33(35)37(34-10-4-6-12-36(34)38)28-15-13-27(14-16-28)30-19-21-40-26(2)23-30/h3-24H,1-2H3. The largest absolute Gasteiger partial charge is 0.264 e. The minimum absolute atomic E-state index is 1.03. The predicted molar refractivity (Wildman–Crippen MR) is 168 cm³/mol. The molecule has 0 fully saturated rings. The van der Waals surface area contributed by atoms with E-state index in [1.807, 2.05) is 31.6 Å². The smallest absolute Gasteiger partial charge is 0.0378 e. The highest BCUT2D eigenvalue weighted by Crippen LogP contribution is 2.45. The van der Waals surface area contributed by atoms with Crippen LogP contribution in [0, 0.1) is 13.8 Å². The van der Waals surface area contributed by atoms with E-state index in [2.05, 4.69) is 126 Å². The second-order valence-corrected chi connectivity index (χ2v) is 10.4. The van der Waals surface area contributed by atoms with E-state index in [-0.39, 0.29) is 0 Å². The maximum Gasteiger partial charge on any atom is 0.0378 e. The van der Waals surface area contributed by atoms with Gasteiger partial charge in [0.05, 0.1) is 0 Å². The average Bonchev–Trinajstić information content (AvgIpc) is 3.01. The van der Waals surface area contributed by atoms with Crippen molar-refractivity contribution in [2.45, 2.75) is 13.8 Å². The topological polar surface area (TPSA) is 25.8 Å². The molecule has 2 heteroatoms. The van der Waals surface area contributed by atoms with Crippen molar-refractivity contribution in [1.82, 2.24) is 9.97 Å². The number of nitrogens with zero attached hydrogens (tertiary/aromatic N) is 2. The molecule has 40 heavy (non-hydrogen) atoms. The zero-order chi connectivity index (χ0) is 27.1. The van der Waals surface area contributed by atoms with Gasteiger partial charge in [0.25, 0.3) is 0 Å². The lowest BCUT2D eigenvalue weighted by Crippen LogP contribution is -1.93. The third-order valence-corrected chi connectivity index (χ3v) is 7.83. The molecular formula is C38H28N2. The van der Waals surface area contributed by atoms with Gasteiger partial charge in [0.1, 0.15) is 0 Å². The number of hydrogen-bond acceptors (Lipinski definition) is 2. The number of rotatable bonds is 4. The molecule has 0 aliphatic heterocycles. The summed E-state index contributed by atoms with van der Waals surface area (Å²) in [6.45, 7) is 4.25. The fourth-order valence-corrected chi connectivity index (χ4v) is 5.94. The van der Waals surface area contributed by atoms with Gasteiger partial charge in [0, 0.05) is 24.3 Å². The maximum absolute atomic E-state index is 4.36. The number of hydrogen-bond donors (Lipinski definition) is 0. The molecule has 5 aromatic carbocycles. The summed E-state index contributed by atoms with van der Waals surface area (Å²) in [6.07, 6.45) is 5.62. The normalized spacial score (nSPS) is 11.2. The lowest BCUT2D eigenvalue weighted by Gasteiger charge is -2.19. The van der Waals surface area contributed by atoms with Gasteiger partial charge in [0.2, 0.25) is 0 Å². The van der Waals surface area contributed by atoms with E-state index < -0.39 is 0 Å². The Labute approximate surface area is 234 Å². The molecule has 0 saturated carbocycles. The molecule has 2 aromatic heterocycles. The van der Waals surface area contributed by atoms with E-state index in [1.165, 1.54) is 66.1 Å². The molecule has 0 N–H and O–H groups in total. The van der Waals surface area contributed by atoms with Crippen molar-refractivity contribution < 1.29 is 0 Å². The highest BCUT2D eigenvalue weighted by atomic mass is 14.6. The van der Waals surface area contributed by atoms with Gasteiger partial charge in [0.15, 0.2) is 0 Å². The van der Waals surface area contributed by atoms with Gasteiger partial charge in [-0.3, -0.25) is 9.97 Å². The summed E-state index contributed by atoms with van der Waals surface area (Å²) in [5.41, 5.74) is 12.0. The Bertz CT molecular complexity index is 1950. The first-order chi connectivity index (χ1) is 19.7. The number of fused-ring (bicyclic) bond motifs is 2. The minimum Gasteiger partial charge on any atom is -0.264 e. The fraction of sp³-hybridized carbons (Fsp3) is 0.0526. The Morgan fingerprint density at radius 1 is 0.450 bits per heavy atom. The summed E-state index contributed by atoms with van der Waals surface area (Å²) in [6, 6.07) is 41.7. The summed E-state index contributed by atoms with van der Waals surface area (Å²) in [7, 11) is 0. The Hall–Kier alpha value is -5.08. The van der Waals surface area contributed by atoms with E-state index in [0.717, 1.165) is 11.3 Å². The lowest BCUT2D eigenvalue weighted by atomic mass is 9.84. The predicted octanol–water partition coefficient (Wildman–Crippen LogP) is 10.1. The Balaban J connectivity index is 1.44. The first kappa shape index (κ1) is 24.0. The summed E-state index contributed by atoms with van der Waals surface area (Å²) in [5.74, 6) is 0. The average molecular weight is 513 g/mol. The molecule has 2 heterocycles. The first-order valence-electron chi connectivity index (χ1n) is 13.7. The van der Waals surface area contributed by atoms with E-state index in [0.29, 0.717) is 0 Å². The van der Waals surface area contributed by atoms with Crippen molar-refractivity contribution in [2.75, 3.05) is 0 Å². The van der Waals surface area contributed by atoms with Gasteiger partial charge in [-0.25, -0.2) is 0 Å². The molecule has 0 atom stereocenters. The van der Waals surface area contributed by atoms with Crippen molar-refractivity contribution in [1.29, 1.82) is 0 Å². The van der Waals surface area contributed by atoms with Gasteiger partial charge in [-0.05, 0) is 104 Å². The lowest BCUT2D eigenvalue weighted by molar-refractivity contribution is 1.20. The van der Waals surface area contributed by atoms with Gasteiger partial charge in [-0.1, -0.05) is 97.1 Å². The van der Waals surface area contributed by atoms with Crippen molar-refractivity contribution in [3.05, 3.63) is 145 Å². The van der Waals surface area contributed by atoms with Crippen LogP contribution in [0.4, 0.5) is 0 Å². The van der Waals surface area contributed by atoms with Crippen LogP contribution < -0.4 is 0 Å². The number of aryl methyl sites for hydroxylation is 2. The van der Waals surface area contributed by atoms with Crippen molar-refractivity contribution in [3.8, 4) is 44.5 Å². The Morgan fingerprint density at radius 2 is 1.05 bits per heavy atom. The second kappa shape index (κ2) is 9.91. The fourth-order valence-electron chi connectivity index (χ4n) is 5.94. The van der Waals surface area contributed by atoms with Gasteiger partial charge in [-0.15, -0.1) is 0 Å². The molecule has 0 aliphatic carbocycles. The van der Waals surface area contributed by atoms with E-state index in [4.69, 9.17) is 0 Å². The molecule has 2 nitrogen and oxygen atoms in total. The van der Waals surface area contributed by atoms with Crippen LogP contribution in [0.5, 0.6) is 0 Å². The molecule has 0 bridgehead atoms. The highest BCUT2D eigenvalue weighted by molar-refractivity contribution is 6.21. The summed E-state index contributed by atoms with van der Waals surface area (Å²) in [5, 5.41) is 5.06.